The van der Waals surface area contributed by atoms with E-state index in [9.17, 15) is 14.4 Å². The van der Waals surface area contributed by atoms with Gasteiger partial charge in [0.2, 0.25) is 0 Å². The molecule has 106 valence electrons. The van der Waals surface area contributed by atoms with Gasteiger partial charge in [0, 0.05) is 18.9 Å². The molecular weight excluding hydrogens is 262 g/mol. The average molecular weight is 277 g/mol. The van der Waals surface area contributed by atoms with E-state index in [2.05, 4.69) is 9.97 Å². The number of hydrogen-bond acceptors (Lipinski definition) is 5. The molecule has 0 bridgehead atoms. The molecule has 0 saturated carbocycles. The maximum atomic E-state index is 12.2. The summed E-state index contributed by atoms with van der Waals surface area (Å²) in [6.45, 7) is 2.15. The van der Waals surface area contributed by atoms with Crippen LogP contribution < -0.4 is 17.0 Å². The van der Waals surface area contributed by atoms with Gasteiger partial charge in [-0.1, -0.05) is 6.92 Å². The molecule has 0 atom stereocenters. The summed E-state index contributed by atoms with van der Waals surface area (Å²) >= 11 is 0. The van der Waals surface area contributed by atoms with Crippen LogP contribution in [0.2, 0.25) is 0 Å². The molecule has 3 N–H and O–H groups in total. The van der Waals surface area contributed by atoms with Crippen molar-refractivity contribution < 1.29 is 4.79 Å². The number of ketones is 1. The smallest absolute Gasteiger partial charge is 0.329 e. The predicted octanol–water partition coefficient (Wildman–Crippen LogP) is -0.392. The van der Waals surface area contributed by atoms with Crippen molar-refractivity contribution >= 4 is 11.6 Å². The third-order valence-electron chi connectivity index (χ3n) is 2.85. The first-order chi connectivity index (χ1) is 9.54. The molecule has 0 aliphatic carbocycles. The molecule has 0 saturated heterocycles. The van der Waals surface area contributed by atoms with E-state index in [0.29, 0.717) is 13.0 Å². The second kappa shape index (κ2) is 5.55. The van der Waals surface area contributed by atoms with Crippen molar-refractivity contribution in [1.82, 2.24) is 19.1 Å². The highest BCUT2D eigenvalue weighted by molar-refractivity contribution is 5.99. The minimum absolute atomic E-state index is 0.0579. The van der Waals surface area contributed by atoms with Crippen LogP contribution in [0.5, 0.6) is 0 Å². The van der Waals surface area contributed by atoms with Crippen LogP contribution in [0.15, 0.2) is 28.3 Å². The quantitative estimate of drug-likeness (QED) is 0.722. The van der Waals surface area contributed by atoms with Gasteiger partial charge in [0.15, 0.2) is 5.78 Å². The fourth-order valence-corrected chi connectivity index (χ4v) is 1.93. The number of imidazole rings is 1. The highest BCUT2D eigenvalue weighted by Gasteiger charge is 2.19. The summed E-state index contributed by atoms with van der Waals surface area (Å²) in [5.74, 6) is -0.558. The maximum Gasteiger partial charge on any atom is 0.329 e. The van der Waals surface area contributed by atoms with Crippen molar-refractivity contribution in [1.29, 1.82) is 0 Å². The molecule has 20 heavy (non-hydrogen) atoms. The number of nitrogen functional groups attached to an aromatic ring is 1. The van der Waals surface area contributed by atoms with Crippen LogP contribution >= 0.6 is 0 Å². The van der Waals surface area contributed by atoms with Crippen molar-refractivity contribution in [3.63, 3.8) is 0 Å². The minimum atomic E-state index is -0.759. The lowest BCUT2D eigenvalue weighted by molar-refractivity contribution is 0.0970. The molecule has 0 amide bonds. The molecule has 0 spiro atoms. The van der Waals surface area contributed by atoms with Crippen LogP contribution in [0, 0.1) is 0 Å². The molecular formula is C12H15N5O3. The zero-order valence-corrected chi connectivity index (χ0v) is 11.0. The van der Waals surface area contributed by atoms with Gasteiger partial charge >= 0.3 is 5.69 Å². The average Bonchev–Trinajstić information content (AvgIpc) is 2.87. The Labute approximate surface area is 113 Å². The molecule has 0 unspecified atom stereocenters. The van der Waals surface area contributed by atoms with Crippen LogP contribution in [-0.2, 0) is 13.1 Å². The molecule has 8 heteroatoms. The molecule has 2 rings (SSSR count). The number of carbonyl (C=O) groups excluding carboxylic acids is 1. The van der Waals surface area contributed by atoms with E-state index in [4.69, 9.17) is 5.73 Å². The Morgan fingerprint density at radius 3 is 2.80 bits per heavy atom. The molecule has 0 aliphatic heterocycles. The Bertz CT molecular complexity index is 727. The van der Waals surface area contributed by atoms with Crippen LogP contribution in [0.25, 0.3) is 0 Å². The first-order valence-corrected chi connectivity index (χ1v) is 6.16. The standard InChI is InChI=1S/C12H15N5O3/c1-2-4-17-10(13)9(11(19)15-12(17)20)8(18)6-16-5-3-14-7-16/h3,5,7H,2,4,6,13H2,1H3,(H,15,19,20). The van der Waals surface area contributed by atoms with Crippen molar-refractivity contribution in [3.8, 4) is 0 Å². The molecule has 0 aliphatic rings. The Hall–Kier alpha value is -2.64. The molecule has 0 fully saturated rings. The second-order valence-electron chi connectivity index (χ2n) is 4.33. The lowest BCUT2D eigenvalue weighted by atomic mass is 10.2. The monoisotopic (exact) mass is 277 g/mol. The number of anilines is 1. The third kappa shape index (κ3) is 2.53. The minimum Gasteiger partial charge on any atom is -0.384 e. The molecule has 0 radical (unpaired) electrons. The summed E-state index contributed by atoms with van der Waals surface area (Å²) in [7, 11) is 0. The van der Waals surface area contributed by atoms with E-state index in [1.54, 1.807) is 6.20 Å². The topological polar surface area (TPSA) is 116 Å². The van der Waals surface area contributed by atoms with Gasteiger partial charge < -0.3 is 10.3 Å². The summed E-state index contributed by atoms with van der Waals surface area (Å²) in [4.78, 5) is 41.5. The van der Waals surface area contributed by atoms with Crippen molar-refractivity contribution in [2.24, 2.45) is 0 Å². The highest BCUT2D eigenvalue weighted by Crippen LogP contribution is 2.07. The van der Waals surface area contributed by atoms with Gasteiger partial charge in [0.05, 0.1) is 12.9 Å². The van der Waals surface area contributed by atoms with Gasteiger partial charge in [-0.05, 0) is 6.42 Å². The molecule has 0 aromatic carbocycles. The SMILES string of the molecule is CCCn1c(N)c(C(=O)Cn2ccnc2)c(=O)[nH]c1=O. The Morgan fingerprint density at radius 2 is 2.20 bits per heavy atom. The fraction of sp³-hybridized carbons (Fsp3) is 0.333. The fourth-order valence-electron chi connectivity index (χ4n) is 1.93. The number of H-pyrrole nitrogens is 1. The van der Waals surface area contributed by atoms with Gasteiger partial charge in [-0.3, -0.25) is 19.1 Å². The van der Waals surface area contributed by atoms with Gasteiger partial charge in [0.25, 0.3) is 5.56 Å². The van der Waals surface area contributed by atoms with Crippen molar-refractivity contribution in [2.45, 2.75) is 26.4 Å². The first-order valence-electron chi connectivity index (χ1n) is 6.16. The summed E-state index contributed by atoms with van der Waals surface area (Å²) in [5, 5.41) is 0. The Kier molecular flexibility index (Phi) is 3.83. The lowest BCUT2D eigenvalue weighted by Gasteiger charge is -2.11. The number of aromatic nitrogens is 4. The maximum absolute atomic E-state index is 12.2. The highest BCUT2D eigenvalue weighted by atomic mass is 16.2. The summed E-state index contributed by atoms with van der Waals surface area (Å²) in [6, 6.07) is 0. The normalized spacial score (nSPS) is 10.7. The zero-order chi connectivity index (χ0) is 14.7. The Morgan fingerprint density at radius 1 is 1.45 bits per heavy atom. The van der Waals surface area contributed by atoms with Crippen LogP contribution in [0.4, 0.5) is 5.82 Å². The number of carbonyl (C=O) groups is 1. The van der Waals surface area contributed by atoms with Gasteiger partial charge in [-0.15, -0.1) is 0 Å². The number of hydrogen-bond donors (Lipinski definition) is 2. The zero-order valence-electron chi connectivity index (χ0n) is 11.0. The van der Waals surface area contributed by atoms with E-state index >= 15 is 0 Å². The van der Waals surface area contributed by atoms with E-state index < -0.39 is 17.0 Å². The molecule has 8 nitrogen and oxygen atoms in total. The largest absolute Gasteiger partial charge is 0.384 e. The van der Waals surface area contributed by atoms with E-state index in [0.717, 1.165) is 0 Å². The molecule has 2 heterocycles. The number of rotatable bonds is 5. The van der Waals surface area contributed by atoms with Crippen LogP contribution in [-0.4, -0.2) is 24.9 Å². The number of aromatic amines is 1. The predicted molar refractivity (Wildman–Crippen MR) is 72.6 cm³/mol. The summed E-state index contributed by atoms with van der Waals surface area (Å²) < 4.78 is 2.72. The van der Waals surface area contributed by atoms with Gasteiger partial charge in [0.1, 0.15) is 11.4 Å². The molecule has 2 aromatic rings. The lowest BCUT2D eigenvalue weighted by Crippen LogP contribution is -2.36. The number of Topliss-reactive ketones (excluding diaryl/α,β-unsaturated/α-hetero) is 1. The van der Waals surface area contributed by atoms with Crippen molar-refractivity contribution in [3.05, 3.63) is 45.1 Å². The summed E-state index contributed by atoms with van der Waals surface area (Å²) in [5.41, 5.74) is 4.25. The Balaban J connectivity index is 2.45. The second-order valence-corrected chi connectivity index (χ2v) is 4.33. The van der Waals surface area contributed by atoms with E-state index in [1.807, 2.05) is 6.92 Å². The molecule has 2 aromatic heterocycles. The van der Waals surface area contributed by atoms with Gasteiger partial charge in [-0.2, -0.15) is 0 Å². The number of nitrogens with one attached hydrogen (secondary N) is 1. The first kappa shape index (κ1) is 13.8. The van der Waals surface area contributed by atoms with Gasteiger partial charge in [-0.25, -0.2) is 9.78 Å². The van der Waals surface area contributed by atoms with Crippen LogP contribution in [0.1, 0.15) is 23.7 Å². The third-order valence-corrected chi connectivity index (χ3v) is 2.85. The van der Waals surface area contributed by atoms with Crippen LogP contribution in [0.3, 0.4) is 0 Å². The summed E-state index contributed by atoms with van der Waals surface area (Å²) in [6.07, 6.45) is 5.25. The van der Waals surface area contributed by atoms with Crippen molar-refractivity contribution in [2.75, 3.05) is 5.73 Å². The number of nitrogens with two attached hydrogens (primary N) is 1. The number of nitrogens with zero attached hydrogens (tertiary/aromatic N) is 3. The van der Waals surface area contributed by atoms with E-state index in [-0.39, 0.29) is 17.9 Å². The van der Waals surface area contributed by atoms with E-state index in [1.165, 1.54) is 21.7 Å².